The van der Waals surface area contributed by atoms with Crippen molar-refractivity contribution in [3.05, 3.63) is 0 Å². The number of carbonyl (C=O) groups is 1. The lowest BCUT2D eigenvalue weighted by Crippen LogP contribution is -2.43. The van der Waals surface area contributed by atoms with Gasteiger partial charge < -0.3 is 10.5 Å². The highest BCUT2D eigenvalue weighted by atomic mass is 32.2. The van der Waals surface area contributed by atoms with Crippen LogP contribution in [0.2, 0.25) is 0 Å². The third-order valence-electron chi connectivity index (χ3n) is 2.93. The van der Waals surface area contributed by atoms with Crippen molar-refractivity contribution in [1.82, 2.24) is 0 Å². The Morgan fingerprint density at radius 2 is 2.13 bits per heavy atom. The second-order valence-corrected chi connectivity index (χ2v) is 6.28. The van der Waals surface area contributed by atoms with E-state index < -0.39 is 0 Å². The van der Waals surface area contributed by atoms with Gasteiger partial charge in [0, 0.05) is 11.2 Å². The molecule has 0 spiro atoms. The van der Waals surface area contributed by atoms with Crippen molar-refractivity contribution in [3.63, 3.8) is 0 Å². The van der Waals surface area contributed by atoms with Crippen LogP contribution in [0.25, 0.3) is 0 Å². The predicted octanol–water partition coefficient (Wildman–Crippen LogP) is 1.66. The molecule has 1 rings (SSSR count). The van der Waals surface area contributed by atoms with Crippen LogP contribution in [0.4, 0.5) is 0 Å². The highest BCUT2D eigenvalue weighted by molar-refractivity contribution is 7.99. The topological polar surface area (TPSA) is 52.3 Å². The molecule has 88 valence electrons. The van der Waals surface area contributed by atoms with E-state index in [0.29, 0.717) is 13.0 Å². The summed E-state index contributed by atoms with van der Waals surface area (Å²) < 4.78 is 4.74. The Morgan fingerprint density at radius 3 is 2.60 bits per heavy atom. The molecule has 1 aliphatic heterocycles. The molecule has 0 aliphatic carbocycles. The number of methoxy groups -OCH3 is 1. The van der Waals surface area contributed by atoms with E-state index in [-0.39, 0.29) is 16.8 Å². The van der Waals surface area contributed by atoms with Crippen molar-refractivity contribution in [3.8, 4) is 0 Å². The number of nitrogens with two attached hydrogens (primary N) is 1. The minimum Gasteiger partial charge on any atom is -0.469 e. The zero-order valence-electron chi connectivity index (χ0n) is 9.84. The fourth-order valence-corrected chi connectivity index (χ4v) is 3.87. The van der Waals surface area contributed by atoms with Crippen molar-refractivity contribution in [2.75, 3.05) is 25.2 Å². The minimum atomic E-state index is -0.140. The monoisotopic (exact) mass is 231 g/mol. The highest BCUT2D eigenvalue weighted by Gasteiger charge is 2.41. The first-order valence-corrected chi connectivity index (χ1v) is 6.43. The van der Waals surface area contributed by atoms with Crippen molar-refractivity contribution in [2.45, 2.75) is 26.7 Å². The molecule has 0 bridgehead atoms. The van der Waals surface area contributed by atoms with Gasteiger partial charge in [0.15, 0.2) is 0 Å². The molecule has 1 atom stereocenters. The third-order valence-corrected chi connectivity index (χ3v) is 4.74. The van der Waals surface area contributed by atoms with Crippen LogP contribution in [-0.2, 0) is 9.53 Å². The van der Waals surface area contributed by atoms with Crippen LogP contribution in [0.1, 0.15) is 26.7 Å². The molecule has 0 aromatic heterocycles. The van der Waals surface area contributed by atoms with Crippen molar-refractivity contribution in [1.29, 1.82) is 0 Å². The first-order chi connectivity index (χ1) is 6.93. The zero-order chi connectivity index (χ0) is 11.5. The van der Waals surface area contributed by atoms with E-state index in [9.17, 15) is 4.79 Å². The highest BCUT2D eigenvalue weighted by Crippen LogP contribution is 2.45. The summed E-state index contributed by atoms with van der Waals surface area (Å²) in [6.07, 6.45) is 1.47. The smallest absolute Gasteiger partial charge is 0.306 e. The molecule has 1 heterocycles. The van der Waals surface area contributed by atoms with E-state index in [2.05, 4.69) is 13.8 Å². The molecule has 0 radical (unpaired) electrons. The maximum atomic E-state index is 11.4. The quantitative estimate of drug-likeness (QED) is 0.751. The summed E-state index contributed by atoms with van der Waals surface area (Å²) in [5, 5.41) is 0. The normalized spacial score (nSPS) is 29.9. The lowest BCUT2D eigenvalue weighted by Gasteiger charge is -2.43. The molecular formula is C11H21NO2S. The molecule has 3 nitrogen and oxygen atoms in total. The summed E-state index contributed by atoms with van der Waals surface area (Å²) in [5.74, 6) is 1.98. The molecule has 1 fully saturated rings. The van der Waals surface area contributed by atoms with E-state index in [1.54, 1.807) is 0 Å². The van der Waals surface area contributed by atoms with E-state index in [1.807, 2.05) is 11.8 Å². The Bertz CT molecular complexity index is 243. The fraction of sp³-hybridized carbons (Fsp3) is 0.909. The molecule has 15 heavy (non-hydrogen) atoms. The summed E-state index contributed by atoms with van der Waals surface area (Å²) in [6, 6.07) is 0. The lowest BCUT2D eigenvalue weighted by molar-refractivity contribution is -0.143. The SMILES string of the molecule is COC(=O)CC1(CN)CSCC(C)(C)C1. The Kier molecular flexibility index (Phi) is 4.06. The van der Waals surface area contributed by atoms with Gasteiger partial charge in [-0.25, -0.2) is 0 Å². The van der Waals surface area contributed by atoms with Gasteiger partial charge in [0.05, 0.1) is 13.5 Å². The Morgan fingerprint density at radius 1 is 1.47 bits per heavy atom. The Labute approximate surface area is 96.1 Å². The average Bonchev–Trinajstić information content (AvgIpc) is 2.16. The summed E-state index contributed by atoms with van der Waals surface area (Å²) >= 11 is 1.90. The second kappa shape index (κ2) is 4.74. The third kappa shape index (κ3) is 3.38. The summed E-state index contributed by atoms with van der Waals surface area (Å²) in [6.45, 7) is 5.04. The van der Waals surface area contributed by atoms with Gasteiger partial charge in [-0.3, -0.25) is 4.79 Å². The Hall–Kier alpha value is -0.220. The van der Waals surface area contributed by atoms with Gasteiger partial charge >= 0.3 is 5.97 Å². The lowest BCUT2D eigenvalue weighted by atomic mass is 9.72. The van der Waals surface area contributed by atoms with Crippen LogP contribution < -0.4 is 5.73 Å². The molecule has 1 aliphatic rings. The number of esters is 1. The summed E-state index contributed by atoms with van der Waals surface area (Å²) in [5.41, 5.74) is 6.06. The maximum Gasteiger partial charge on any atom is 0.306 e. The van der Waals surface area contributed by atoms with Crippen LogP contribution in [0.3, 0.4) is 0 Å². The van der Waals surface area contributed by atoms with E-state index in [1.165, 1.54) is 7.11 Å². The van der Waals surface area contributed by atoms with Gasteiger partial charge in [0.25, 0.3) is 0 Å². The molecular weight excluding hydrogens is 210 g/mol. The summed E-state index contributed by atoms with van der Waals surface area (Å²) in [7, 11) is 1.44. The molecule has 4 heteroatoms. The molecule has 1 saturated heterocycles. The largest absolute Gasteiger partial charge is 0.469 e. The zero-order valence-corrected chi connectivity index (χ0v) is 10.7. The molecule has 1 unspecified atom stereocenters. The van der Waals surface area contributed by atoms with Crippen LogP contribution >= 0.6 is 11.8 Å². The number of carbonyl (C=O) groups excluding carboxylic acids is 1. The molecule has 0 saturated carbocycles. The minimum absolute atomic E-state index is 0.0560. The second-order valence-electron chi connectivity index (χ2n) is 5.29. The van der Waals surface area contributed by atoms with Gasteiger partial charge in [0.1, 0.15) is 0 Å². The number of hydrogen-bond donors (Lipinski definition) is 1. The summed E-state index contributed by atoms with van der Waals surface area (Å²) in [4.78, 5) is 11.4. The van der Waals surface area contributed by atoms with Crippen LogP contribution in [0, 0.1) is 10.8 Å². The molecule has 2 N–H and O–H groups in total. The number of hydrogen-bond acceptors (Lipinski definition) is 4. The van der Waals surface area contributed by atoms with E-state index >= 15 is 0 Å². The van der Waals surface area contributed by atoms with Crippen LogP contribution in [0.5, 0.6) is 0 Å². The van der Waals surface area contributed by atoms with Crippen molar-refractivity contribution >= 4 is 17.7 Å². The average molecular weight is 231 g/mol. The predicted molar refractivity (Wildman–Crippen MR) is 63.8 cm³/mol. The van der Waals surface area contributed by atoms with E-state index in [0.717, 1.165) is 17.9 Å². The van der Waals surface area contributed by atoms with Gasteiger partial charge in [-0.05, 0) is 24.1 Å². The molecule has 0 aromatic carbocycles. The van der Waals surface area contributed by atoms with Gasteiger partial charge in [-0.15, -0.1) is 0 Å². The maximum absolute atomic E-state index is 11.4. The Balaban J connectivity index is 2.71. The number of ether oxygens (including phenoxy) is 1. The van der Waals surface area contributed by atoms with Gasteiger partial charge in [0.2, 0.25) is 0 Å². The van der Waals surface area contributed by atoms with Gasteiger partial charge in [-0.2, -0.15) is 11.8 Å². The number of rotatable bonds is 3. The van der Waals surface area contributed by atoms with Crippen molar-refractivity contribution < 1.29 is 9.53 Å². The van der Waals surface area contributed by atoms with Crippen LogP contribution in [-0.4, -0.2) is 31.1 Å². The molecule has 0 aromatic rings. The van der Waals surface area contributed by atoms with Crippen molar-refractivity contribution in [2.24, 2.45) is 16.6 Å². The number of thioether (sulfide) groups is 1. The van der Waals surface area contributed by atoms with Gasteiger partial charge in [-0.1, -0.05) is 13.8 Å². The fourth-order valence-electron chi connectivity index (χ4n) is 2.36. The van der Waals surface area contributed by atoms with Crippen LogP contribution in [0.15, 0.2) is 0 Å². The molecule has 0 amide bonds. The van der Waals surface area contributed by atoms with E-state index in [4.69, 9.17) is 10.5 Å². The first-order valence-electron chi connectivity index (χ1n) is 5.28. The first kappa shape index (κ1) is 12.8. The standard InChI is InChI=1S/C11H21NO2S/c1-10(2)5-11(6-12,8-15-7-10)4-9(13)14-3/h4-8,12H2,1-3H3.